The van der Waals surface area contributed by atoms with Crippen molar-refractivity contribution in [2.75, 3.05) is 18.2 Å². The Balaban J connectivity index is 1.99. The maximum Gasteiger partial charge on any atom is 0.412 e. The third-order valence-electron chi connectivity index (χ3n) is 4.35. The zero-order valence-electron chi connectivity index (χ0n) is 18.2. The third-order valence-corrected chi connectivity index (χ3v) is 5.75. The van der Waals surface area contributed by atoms with Crippen LogP contribution in [0.15, 0.2) is 47.9 Å². The predicted octanol–water partition coefficient (Wildman–Crippen LogP) is 3.14. The molecule has 1 aromatic heterocycles. The summed E-state index contributed by atoms with van der Waals surface area (Å²) in [5.74, 6) is -0.784. The van der Waals surface area contributed by atoms with E-state index in [4.69, 9.17) is 9.47 Å². The number of carbonyl (C=O) groups is 2. The lowest BCUT2D eigenvalue weighted by atomic mass is 10.1. The molecule has 9 nitrogen and oxygen atoms in total. The first kappa shape index (κ1) is 23.3. The first-order valence-corrected chi connectivity index (χ1v) is 11.6. The minimum atomic E-state index is -3.34. The fourth-order valence-electron chi connectivity index (χ4n) is 3.05. The van der Waals surface area contributed by atoms with E-state index in [2.05, 4.69) is 15.6 Å². The number of rotatable bonds is 5. The van der Waals surface area contributed by atoms with Crippen molar-refractivity contribution in [2.24, 2.45) is 0 Å². The van der Waals surface area contributed by atoms with Crippen molar-refractivity contribution < 1.29 is 27.5 Å². The number of pyridine rings is 1. The highest BCUT2D eigenvalue weighted by Gasteiger charge is 2.27. The van der Waals surface area contributed by atoms with Crippen LogP contribution in [0.25, 0.3) is 11.3 Å². The third kappa shape index (κ3) is 5.85. The molecule has 2 N–H and O–H groups in total. The van der Waals surface area contributed by atoms with Gasteiger partial charge in [0, 0.05) is 11.0 Å². The Morgan fingerprint density at radius 1 is 1.16 bits per heavy atom. The number of amides is 2. The second-order valence-corrected chi connectivity index (χ2v) is 10.1. The van der Waals surface area contributed by atoms with Gasteiger partial charge in [0.25, 0.3) is 5.91 Å². The summed E-state index contributed by atoms with van der Waals surface area (Å²) in [5, 5.41) is 6.36. The maximum atomic E-state index is 12.9. The van der Waals surface area contributed by atoms with Gasteiger partial charge in [0.2, 0.25) is 5.88 Å². The smallest absolute Gasteiger partial charge is 0.412 e. The summed E-state index contributed by atoms with van der Waals surface area (Å²) in [6.07, 6.45) is 0.698. The van der Waals surface area contributed by atoms with E-state index in [1.807, 2.05) is 18.2 Å². The minimum absolute atomic E-state index is 0.0286. The van der Waals surface area contributed by atoms with Crippen LogP contribution in [-0.4, -0.2) is 49.9 Å². The van der Waals surface area contributed by atoms with Gasteiger partial charge in [-0.2, -0.15) is 0 Å². The van der Waals surface area contributed by atoms with Crippen LogP contribution >= 0.6 is 0 Å². The van der Waals surface area contributed by atoms with Crippen molar-refractivity contribution in [3.8, 4) is 17.1 Å². The molecule has 2 aromatic rings. The molecule has 2 amide bonds. The van der Waals surface area contributed by atoms with Crippen LogP contribution in [0, 0.1) is 0 Å². The summed E-state index contributed by atoms with van der Waals surface area (Å²) in [6.45, 7) is 5.21. The number of nitrogens with one attached hydrogen (secondary N) is 2. The Morgan fingerprint density at radius 2 is 1.84 bits per heavy atom. The molecule has 1 aliphatic rings. The van der Waals surface area contributed by atoms with E-state index in [9.17, 15) is 18.0 Å². The van der Waals surface area contributed by atoms with Gasteiger partial charge in [-0.1, -0.05) is 30.3 Å². The van der Waals surface area contributed by atoms with Crippen molar-refractivity contribution in [3.05, 3.63) is 53.4 Å². The highest BCUT2D eigenvalue weighted by molar-refractivity contribution is 7.94. The van der Waals surface area contributed by atoms with Crippen LogP contribution in [0.5, 0.6) is 5.88 Å². The lowest BCUT2D eigenvalue weighted by molar-refractivity contribution is 0.0635. The standard InChI is InChI=1S/C22H25N3O6S/c1-22(2,3)31-21(27)24-17-12-16(19(26)23-15-10-11-32(28,29)13-15)20(30-4)25-18(17)14-8-6-5-7-9-14/h5-12,15H,13H2,1-4H3,(H,23,26)(H,24,27)/t15-/m1/s1. The van der Waals surface area contributed by atoms with Gasteiger partial charge in [-0.3, -0.25) is 10.1 Å². The molecule has 1 aliphatic heterocycles. The topological polar surface area (TPSA) is 124 Å². The number of benzene rings is 1. The van der Waals surface area contributed by atoms with Gasteiger partial charge in [0.05, 0.1) is 30.3 Å². The summed E-state index contributed by atoms with van der Waals surface area (Å²) in [4.78, 5) is 29.8. The van der Waals surface area contributed by atoms with Gasteiger partial charge in [0.15, 0.2) is 9.84 Å². The number of hydrogen-bond acceptors (Lipinski definition) is 7. The summed E-state index contributed by atoms with van der Waals surface area (Å²) in [5.41, 5.74) is 0.626. The average molecular weight is 460 g/mol. The second-order valence-electron chi connectivity index (χ2n) is 8.17. The summed E-state index contributed by atoms with van der Waals surface area (Å²) < 4.78 is 33.9. The largest absolute Gasteiger partial charge is 0.480 e. The lowest BCUT2D eigenvalue weighted by Crippen LogP contribution is -2.36. The molecule has 1 atom stereocenters. The Labute approximate surface area is 186 Å². The van der Waals surface area contributed by atoms with E-state index in [-0.39, 0.29) is 22.9 Å². The highest BCUT2D eigenvalue weighted by Crippen LogP contribution is 2.32. The Hall–Kier alpha value is -3.40. The first-order valence-electron chi connectivity index (χ1n) is 9.84. The zero-order chi connectivity index (χ0) is 23.5. The lowest BCUT2D eigenvalue weighted by Gasteiger charge is -2.21. The second kappa shape index (κ2) is 8.99. The molecule has 0 spiro atoms. The van der Waals surface area contributed by atoms with Gasteiger partial charge >= 0.3 is 6.09 Å². The van der Waals surface area contributed by atoms with Gasteiger partial charge in [0.1, 0.15) is 11.2 Å². The number of methoxy groups -OCH3 is 1. The average Bonchev–Trinajstić information content (AvgIpc) is 3.05. The fraction of sp³-hybridized carbons (Fsp3) is 0.318. The number of ether oxygens (including phenoxy) is 2. The molecular formula is C22H25N3O6S. The number of aromatic nitrogens is 1. The molecule has 0 unspecified atom stereocenters. The Bertz CT molecular complexity index is 1150. The molecule has 0 radical (unpaired) electrons. The van der Waals surface area contributed by atoms with Crippen molar-refractivity contribution in [3.63, 3.8) is 0 Å². The number of hydrogen-bond donors (Lipinski definition) is 2. The van der Waals surface area contributed by atoms with Crippen molar-refractivity contribution >= 4 is 27.5 Å². The first-order chi connectivity index (χ1) is 15.0. The molecule has 170 valence electrons. The molecule has 1 aromatic carbocycles. The van der Waals surface area contributed by atoms with Crippen LogP contribution in [0.2, 0.25) is 0 Å². The molecule has 0 saturated heterocycles. The van der Waals surface area contributed by atoms with Crippen LogP contribution in [0.3, 0.4) is 0 Å². The van der Waals surface area contributed by atoms with E-state index >= 15 is 0 Å². The van der Waals surface area contributed by atoms with Crippen molar-refractivity contribution in [2.45, 2.75) is 32.4 Å². The number of carbonyl (C=O) groups excluding carboxylic acids is 2. The summed E-state index contributed by atoms with van der Waals surface area (Å²) in [6, 6.07) is 9.83. The number of sulfone groups is 1. The molecule has 32 heavy (non-hydrogen) atoms. The van der Waals surface area contributed by atoms with Crippen molar-refractivity contribution in [1.29, 1.82) is 0 Å². The molecule has 0 aliphatic carbocycles. The monoisotopic (exact) mass is 459 g/mol. The van der Waals surface area contributed by atoms with Crippen LogP contribution in [0.1, 0.15) is 31.1 Å². The Morgan fingerprint density at radius 3 is 2.41 bits per heavy atom. The highest BCUT2D eigenvalue weighted by atomic mass is 32.2. The van der Waals surface area contributed by atoms with Crippen LogP contribution in [0.4, 0.5) is 10.5 Å². The van der Waals surface area contributed by atoms with Crippen molar-refractivity contribution in [1.82, 2.24) is 10.3 Å². The molecular weight excluding hydrogens is 434 g/mol. The van der Waals surface area contributed by atoms with Gasteiger partial charge in [-0.05, 0) is 32.9 Å². The van der Waals surface area contributed by atoms with E-state index in [0.717, 1.165) is 5.41 Å². The van der Waals surface area contributed by atoms with Gasteiger partial charge in [-0.15, -0.1) is 0 Å². The molecule has 10 heteroatoms. The SMILES string of the molecule is COc1nc(-c2ccccc2)c(NC(=O)OC(C)(C)C)cc1C(=O)N[C@@H]1C=CS(=O)(=O)C1. The molecule has 0 saturated carbocycles. The summed E-state index contributed by atoms with van der Waals surface area (Å²) in [7, 11) is -1.97. The van der Waals surface area contributed by atoms with Crippen LogP contribution in [-0.2, 0) is 14.6 Å². The fourth-order valence-corrected chi connectivity index (χ4v) is 4.29. The van der Waals surface area contributed by atoms with Gasteiger partial charge < -0.3 is 14.8 Å². The summed E-state index contributed by atoms with van der Waals surface area (Å²) >= 11 is 0. The van der Waals surface area contributed by atoms with E-state index in [0.29, 0.717) is 11.3 Å². The zero-order valence-corrected chi connectivity index (χ0v) is 19.0. The molecule has 0 fully saturated rings. The van der Waals surface area contributed by atoms with E-state index in [1.165, 1.54) is 19.3 Å². The maximum absolute atomic E-state index is 12.9. The Kier molecular flexibility index (Phi) is 6.54. The molecule has 3 rings (SSSR count). The molecule has 2 heterocycles. The van der Waals surface area contributed by atoms with E-state index < -0.39 is 33.5 Å². The predicted molar refractivity (Wildman–Crippen MR) is 120 cm³/mol. The van der Waals surface area contributed by atoms with Gasteiger partial charge in [-0.25, -0.2) is 18.2 Å². The molecule has 0 bridgehead atoms. The normalized spacial score (nSPS) is 16.9. The number of nitrogens with zero attached hydrogens (tertiary/aromatic N) is 1. The van der Waals surface area contributed by atoms with E-state index in [1.54, 1.807) is 32.9 Å². The van der Waals surface area contributed by atoms with Crippen LogP contribution < -0.4 is 15.4 Å². The quantitative estimate of drug-likeness (QED) is 0.704. The number of anilines is 1. The minimum Gasteiger partial charge on any atom is -0.480 e.